The standard InChI is InChI=1S/C12H20O/c1-3-6-10-8-5-9-11(7-4-2)12(10)13/h3-4,10-13H,1-2,5-9H2. The lowest BCUT2D eigenvalue weighted by Crippen LogP contribution is -2.32. The molecule has 13 heavy (non-hydrogen) atoms. The summed E-state index contributed by atoms with van der Waals surface area (Å²) in [6.07, 6.45) is 9.16. The van der Waals surface area contributed by atoms with E-state index in [0.717, 1.165) is 25.7 Å². The van der Waals surface area contributed by atoms with E-state index in [-0.39, 0.29) is 6.10 Å². The van der Waals surface area contributed by atoms with Gasteiger partial charge in [0.25, 0.3) is 0 Å². The van der Waals surface area contributed by atoms with Crippen molar-refractivity contribution in [2.75, 3.05) is 0 Å². The van der Waals surface area contributed by atoms with Gasteiger partial charge in [-0.2, -0.15) is 0 Å². The topological polar surface area (TPSA) is 20.2 Å². The fourth-order valence-corrected chi connectivity index (χ4v) is 2.31. The Morgan fingerprint density at radius 1 is 1.08 bits per heavy atom. The van der Waals surface area contributed by atoms with Crippen molar-refractivity contribution >= 4 is 0 Å². The van der Waals surface area contributed by atoms with Crippen LogP contribution in [0.4, 0.5) is 0 Å². The smallest absolute Gasteiger partial charge is 0.0602 e. The molecule has 1 nitrogen and oxygen atoms in total. The molecule has 0 aliphatic heterocycles. The summed E-state index contributed by atoms with van der Waals surface area (Å²) in [4.78, 5) is 0. The zero-order chi connectivity index (χ0) is 9.68. The van der Waals surface area contributed by atoms with Crippen LogP contribution >= 0.6 is 0 Å². The summed E-state index contributed by atoms with van der Waals surface area (Å²) >= 11 is 0. The highest BCUT2D eigenvalue weighted by molar-refractivity contribution is 4.88. The van der Waals surface area contributed by atoms with Crippen LogP contribution in [-0.4, -0.2) is 11.2 Å². The zero-order valence-corrected chi connectivity index (χ0v) is 8.28. The van der Waals surface area contributed by atoms with Gasteiger partial charge in [0.15, 0.2) is 0 Å². The molecule has 1 heteroatoms. The summed E-state index contributed by atoms with van der Waals surface area (Å²) in [5.41, 5.74) is 0. The SMILES string of the molecule is C=CCC1CCCC(CC=C)C1O. The number of hydrogen-bond donors (Lipinski definition) is 1. The summed E-state index contributed by atoms with van der Waals surface area (Å²) in [7, 11) is 0. The third kappa shape index (κ3) is 2.70. The minimum atomic E-state index is -0.134. The molecule has 0 radical (unpaired) electrons. The third-order valence-electron chi connectivity index (χ3n) is 3.05. The second-order valence-corrected chi connectivity index (χ2v) is 3.99. The molecule has 0 aromatic rings. The van der Waals surface area contributed by atoms with Crippen molar-refractivity contribution in [2.45, 2.75) is 38.2 Å². The summed E-state index contributed by atoms with van der Waals surface area (Å²) < 4.78 is 0. The summed E-state index contributed by atoms with van der Waals surface area (Å²) in [6, 6.07) is 0. The van der Waals surface area contributed by atoms with E-state index in [1.807, 2.05) is 12.2 Å². The Morgan fingerprint density at radius 2 is 1.54 bits per heavy atom. The van der Waals surface area contributed by atoms with E-state index < -0.39 is 0 Å². The molecule has 2 atom stereocenters. The van der Waals surface area contributed by atoms with Gasteiger partial charge in [0.05, 0.1) is 6.10 Å². The van der Waals surface area contributed by atoms with Crippen molar-refractivity contribution in [2.24, 2.45) is 11.8 Å². The predicted molar refractivity (Wildman–Crippen MR) is 56.5 cm³/mol. The Bertz CT molecular complexity index is 156. The van der Waals surface area contributed by atoms with Gasteiger partial charge in [-0.25, -0.2) is 0 Å². The normalized spacial score (nSPS) is 34.1. The van der Waals surface area contributed by atoms with Crippen molar-refractivity contribution in [3.63, 3.8) is 0 Å². The fraction of sp³-hybridized carbons (Fsp3) is 0.667. The quantitative estimate of drug-likeness (QED) is 0.659. The fourth-order valence-electron chi connectivity index (χ4n) is 2.31. The molecule has 0 heterocycles. The molecule has 0 saturated heterocycles. The molecule has 74 valence electrons. The van der Waals surface area contributed by atoms with Crippen LogP contribution < -0.4 is 0 Å². The average Bonchev–Trinajstić information content (AvgIpc) is 2.13. The van der Waals surface area contributed by atoms with Crippen molar-refractivity contribution in [1.29, 1.82) is 0 Å². The first kappa shape index (κ1) is 10.5. The molecular weight excluding hydrogens is 160 g/mol. The second-order valence-electron chi connectivity index (χ2n) is 3.99. The predicted octanol–water partition coefficient (Wildman–Crippen LogP) is 2.92. The van der Waals surface area contributed by atoms with Gasteiger partial charge in [-0.05, 0) is 37.5 Å². The Labute approximate surface area is 81.2 Å². The molecule has 1 saturated carbocycles. The Balaban J connectivity index is 2.48. The van der Waals surface area contributed by atoms with Crippen LogP contribution in [0.15, 0.2) is 25.3 Å². The zero-order valence-electron chi connectivity index (χ0n) is 8.28. The van der Waals surface area contributed by atoms with E-state index in [4.69, 9.17) is 0 Å². The van der Waals surface area contributed by atoms with Gasteiger partial charge in [-0.15, -0.1) is 13.2 Å². The van der Waals surface area contributed by atoms with Crippen LogP contribution in [0.3, 0.4) is 0 Å². The Kier molecular flexibility index (Phi) is 4.23. The molecule has 1 rings (SSSR count). The molecule has 0 aromatic heterocycles. The van der Waals surface area contributed by atoms with E-state index in [9.17, 15) is 5.11 Å². The second kappa shape index (κ2) is 5.23. The maximum absolute atomic E-state index is 10.00. The minimum Gasteiger partial charge on any atom is -0.393 e. The van der Waals surface area contributed by atoms with Crippen LogP contribution in [0.2, 0.25) is 0 Å². The van der Waals surface area contributed by atoms with Crippen molar-refractivity contribution in [3.8, 4) is 0 Å². The average molecular weight is 180 g/mol. The molecule has 2 unspecified atom stereocenters. The van der Waals surface area contributed by atoms with Crippen LogP contribution in [0.25, 0.3) is 0 Å². The lowest BCUT2D eigenvalue weighted by atomic mass is 9.76. The van der Waals surface area contributed by atoms with E-state index in [0.29, 0.717) is 11.8 Å². The molecular formula is C12H20O. The first-order valence-electron chi connectivity index (χ1n) is 5.19. The van der Waals surface area contributed by atoms with Crippen molar-refractivity contribution in [1.82, 2.24) is 0 Å². The Hall–Kier alpha value is -0.560. The maximum Gasteiger partial charge on any atom is 0.0602 e. The van der Waals surface area contributed by atoms with E-state index >= 15 is 0 Å². The summed E-state index contributed by atoms with van der Waals surface area (Å²) in [6.45, 7) is 7.46. The molecule has 0 amide bonds. The van der Waals surface area contributed by atoms with Gasteiger partial charge in [0, 0.05) is 0 Å². The molecule has 0 aromatic carbocycles. The van der Waals surface area contributed by atoms with Crippen molar-refractivity contribution in [3.05, 3.63) is 25.3 Å². The third-order valence-corrected chi connectivity index (χ3v) is 3.05. The number of aliphatic hydroxyl groups is 1. The van der Waals surface area contributed by atoms with Gasteiger partial charge in [-0.1, -0.05) is 18.6 Å². The van der Waals surface area contributed by atoms with Gasteiger partial charge in [0.2, 0.25) is 0 Å². The van der Waals surface area contributed by atoms with Gasteiger partial charge in [0.1, 0.15) is 0 Å². The van der Waals surface area contributed by atoms with Crippen LogP contribution in [0.1, 0.15) is 32.1 Å². The number of rotatable bonds is 4. The van der Waals surface area contributed by atoms with Crippen LogP contribution in [0, 0.1) is 11.8 Å². The van der Waals surface area contributed by atoms with E-state index in [1.165, 1.54) is 6.42 Å². The van der Waals surface area contributed by atoms with Gasteiger partial charge >= 0.3 is 0 Å². The molecule has 0 bridgehead atoms. The van der Waals surface area contributed by atoms with E-state index in [2.05, 4.69) is 13.2 Å². The highest BCUT2D eigenvalue weighted by atomic mass is 16.3. The maximum atomic E-state index is 10.00. The number of hydrogen-bond acceptors (Lipinski definition) is 1. The molecule has 1 aliphatic rings. The highest BCUT2D eigenvalue weighted by Crippen LogP contribution is 2.33. The first-order chi connectivity index (χ1) is 6.29. The summed E-state index contributed by atoms with van der Waals surface area (Å²) in [5.74, 6) is 0.882. The lowest BCUT2D eigenvalue weighted by molar-refractivity contribution is 0.0200. The largest absolute Gasteiger partial charge is 0.393 e. The van der Waals surface area contributed by atoms with E-state index in [1.54, 1.807) is 0 Å². The molecule has 1 aliphatic carbocycles. The summed E-state index contributed by atoms with van der Waals surface area (Å²) in [5, 5.41) is 10.00. The molecule has 0 spiro atoms. The first-order valence-corrected chi connectivity index (χ1v) is 5.19. The lowest BCUT2D eigenvalue weighted by Gasteiger charge is -2.33. The monoisotopic (exact) mass is 180 g/mol. The highest BCUT2D eigenvalue weighted by Gasteiger charge is 2.29. The molecule has 1 N–H and O–H groups in total. The van der Waals surface area contributed by atoms with Crippen LogP contribution in [-0.2, 0) is 0 Å². The number of allylic oxidation sites excluding steroid dienone is 2. The Morgan fingerprint density at radius 3 is 1.92 bits per heavy atom. The van der Waals surface area contributed by atoms with Crippen molar-refractivity contribution < 1.29 is 5.11 Å². The van der Waals surface area contributed by atoms with Gasteiger partial charge in [-0.3, -0.25) is 0 Å². The van der Waals surface area contributed by atoms with Gasteiger partial charge < -0.3 is 5.11 Å². The molecule has 1 fully saturated rings. The minimum absolute atomic E-state index is 0.134. The van der Waals surface area contributed by atoms with Crippen LogP contribution in [0.5, 0.6) is 0 Å². The number of aliphatic hydroxyl groups excluding tert-OH is 1.